The molecule has 5 nitrogen and oxygen atoms in total. The number of phenols is 1. The minimum absolute atomic E-state index is 0.0449. The normalized spacial score (nSPS) is 21.7. The van der Waals surface area contributed by atoms with Gasteiger partial charge >= 0.3 is 0 Å². The van der Waals surface area contributed by atoms with E-state index in [4.69, 9.17) is 9.73 Å². The van der Waals surface area contributed by atoms with Crippen LogP contribution in [-0.2, 0) is 0 Å². The van der Waals surface area contributed by atoms with Crippen LogP contribution in [0.5, 0.6) is 11.5 Å². The first kappa shape index (κ1) is 19.9. The Labute approximate surface area is 173 Å². The Morgan fingerprint density at radius 3 is 2.48 bits per heavy atom. The number of ether oxygens (including phenoxy) is 1. The molecule has 0 aromatic heterocycles. The zero-order valence-electron chi connectivity index (χ0n) is 17.4. The van der Waals surface area contributed by atoms with Gasteiger partial charge in [-0.25, -0.2) is 0 Å². The summed E-state index contributed by atoms with van der Waals surface area (Å²) in [5.74, 6) is 1.23. The van der Waals surface area contributed by atoms with E-state index in [1.165, 1.54) is 0 Å². The van der Waals surface area contributed by atoms with E-state index in [9.17, 15) is 5.11 Å². The highest BCUT2D eigenvalue weighted by atomic mass is 16.5. The van der Waals surface area contributed by atoms with Crippen LogP contribution in [0.15, 0.2) is 53.5 Å². The summed E-state index contributed by atoms with van der Waals surface area (Å²) in [5, 5.41) is 14.3. The smallest absolute Gasteiger partial charge is 0.120 e. The molecule has 1 fully saturated rings. The first-order chi connectivity index (χ1) is 14.1. The van der Waals surface area contributed by atoms with Crippen molar-refractivity contribution in [2.45, 2.75) is 44.8 Å². The van der Waals surface area contributed by atoms with E-state index >= 15 is 0 Å². The van der Waals surface area contributed by atoms with Crippen molar-refractivity contribution in [3.05, 3.63) is 59.7 Å². The van der Waals surface area contributed by atoms with Gasteiger partial charge < -0.3 is 14.7 Å². The summed E-state index contributed by atoms with van der Waals surface area (Å²) in [5.41, 5.74) is 2.91. The molecule has 1 spiro atoms. The quantitative estimate of drug-likeness (QED) is 0.802. The summed E-state index contributed by atoms with van der Waals surface area (Å²) in [4.78, 5) is 7.72. The van der Waals surface area contributed by atoms with Gasteiger partial charge in [-0.1, -0.05) is 25.1 Å². The molecular weight excluding hydrogens is 362 g/mol. The van der Waals surface area contributed by atoms with E-state index in [-0.39, 0.29) is 11.7 Å². The molecule has 0 unspecified atom stereocenters. The average Bonchev–Trinajstić information content (AvgIpc) is 2.75. The van der Waals surface area contributed by atoms with Crippen molar-refractivity contribution < 1.29 is 9.84 Å². The molecule has 4 rings (SSSR count). The van der Waals surface area contributed by atoms with Crippen LogP contribution in [0.3, 0.4) is 0 Å². The molecule has 2 aliphatic rings. The van der Waals surface area contributed by atoms with Gasteiger partial charge in [0.05, 0.1) is 6.61 Å². The summed E-state index contributed by atoms with van der Waals surface area (Å²) in [6.07, 6.45) is 2.71. The number of nitrogens with zero attached hydrogens (tertiary/aromatic N) is 2. The van der Waals surface area contributed by atoms with Crippen LogP contribution in [0.25, 0.3) is 0 Å². The van der Waals surface area contributed by atoms with Crippen LogP contribution in [0.4, 0.5) is 0 Å². The number of aliphatic imine (C=N–C) groups is 1. The fourth-order valence-corrected chi connectivity index (χ4v) is 4.46. The standard InChI is InChI=1S/C24H31N3O2/c1-3-27-15-13-24(14-16-27)25-21(18-9-11-19(12-10-18)29-4-2)17-22(26-24)20-7-5-6-8-23(20)28/h5-12,22,26,28H,3-4,13-17H2,1-2H3/t22-/m1/s1. The number of nitrogens with one attached hydrogen (secondary N) is 1. The summed E-state index contributed by atoms with van der Waals surface area (Å²) in [7, 11) is 0. The number of piperidine rings is 1. The van der Waals surface area contributed by atoms with Crippen LogP contribution in [0.2, 0.25) is 0 Å². The third-order valence-electron chi connectivity index (χ3n) is 6.13. The lowest BCUT2D eigenvalue weighted by atomic mass is 9.87. The fourth-order valence-electron chi connectivity index (χ4n) is 4.46. The third kappa shape index (κ3) is 4.31. The maximum atomic E-state index is 10.5. The number of para-hydroxylation sites is 1. The molecule has 2 N–H and O–H groups in total. The summed E-state index contributed by atoms with van der Waals surface area (Å²) >= 11 is 0. The Kier molecular flexibility index (Phi) is 5.88. The van der Waals surface area contributed by atoms with Gasteiger partial charge in [0.1, 0.15) is 17.2 Å². The van der Waals surface area contributed by atoms with Crippen LogP contribution >= 0.6 is 0 Å². The van der Waals surface area contributed by atoms with Crippen molar-refractivity contribution >= 4 is 5.71 Å². The van der Waals surface area contributed by atoms with Crippen LogP contribution in [-0.4, -0.2) is 47.6 Å². The summed E-state index contributed by atoms with van der Waals surface area (Å²) in [6, 6.07) is 15.9. The molecule has 0 aliphatic carbocycles. The molecule has 1 saturated heterocycles. The number of benzene rings is 2. The Bertz CT molecular complexity index is 855. The second kappa shape index (κ2) is 8.56. The van der Waals surface area contributed by atoms with Gasteiger partial charge in [0.15, 0.2) is 0 Å². The van der Waals surface area contributed by atoms with Gasteiger partial charge in [0.25, 0.3) is 0 Å². The minimum Gasteiger partial charge on any atom is -0.508 e. The van der Waals surface area contributed by atoms with E-state index in [0.717, 1.165) is 61.5 Å². The number of rotatable bonds is 5. The molecule has 0 saturated carbocycles. The SMILES string of the molecule is CCOc1ccc(C2=NC3(CCN(CC)CC3)N[C@@H](c3ccccc3O)C2)cc1. The van der Waals surface area contributed by atoms with Crippen molar-refractivity contribution in [1.29, 1.82) is 0 Å². The van der Waals surface area contributed by atoms with Gasteiger partial charge in [-0.3, -0.25) is 10.3 Å². The van der Waals surface area contributed by atoms with Crippen LogP contribution in [0, 0.1) is 0 Å². The van der Waals surface area contributed by atoms with Gasteiger partial charge in [-0.15, -0.1) is 0 Å². The monoisotopic (exact) mass is 393 g/mol. The molecule has 0 amide bonds. The number of likely N-dealkylation sites (tertiary alicyclic amines) is 1. The number of hydrogen-bond donors (Lipinski definition) is 2. The molecule has 1 atom stereocenters. The Balaban J connectivity index is 1.67. The van der Waals surface area contributed by atoms with E-state index in [0.29, 0.717) is 12.4 Å². The van der Waals surface area contributed by atoms with Crippen LogP contribution in [0.1, 0.15) is 50.3 Å². The van der Waals surface area contributed by atoms with E-state index in [1.807, 2.05) is 37.3 Å². The third-order valence-corrected chi connectivity index (χ3v) is 6.13. The van der Waals surface area contributed by atoms with Gasteiger partial charge in [-0.05, 0) is 62.2 Å². The molecule has 2 aromatic carbocycles. The van der Waals surface area contributed by atoms with Crippen molar-refractivity contribution in [2.24, 2.45) is 4.99 Å². The highest BCUT2D eigenvalue weighted by Gasteiger charge is 2.40. The lowest BCUT2D eigenvalue weighted by Crippen LogP contribution is -2.56. The first-order valence-corrected chi connectivity index (χ1v) is 10.7. The van der Waals surface area contributed by atoms with Crippen molar-refractivity contribution in [2.75, 3.05) is 26.2 Å². The molecule has 0 radical (unpaired) electrons. The second-order valence-corrected chi connectivity index (χ2v) is 7.94. The lowest BCUT2D eigenvalue weighted by molar-refractivity contribution is 0.129. The molecule has 29 heavy (non-hydrogen) atoms. The lowest BCUT2D eigenvalue weighted by Gasteiger charge is -2.45. The zero-order chi connectivity index (χ0) is 20.3. The largest absolute Gasteiger partial charge is 0.508 e. The summed E-state index contributed by atoms with van der Waals surface area (Å²) < 4.78 is 5.60. The molecule has 0 bridgehead atoms. The van der Waals surface area contributed by atoms with Gasteiger partial charge in [0.2, 0.25) is 0 Å². The fraction of sp³-hybridized carbons (Fsp3) is 0.458. The first-order valence-electron chi connectivity index (χ1n) is 10.7. The predicted molar refractivity (Wildman–Crippen MR) is 117 cm³/mol. The highest BCUT2D eigenvalue weighted by molar-refractivity contribution is 6.01. The number of hydrogen-bond acceptors (Lipinski definition) is 5. The maximum absolute atomic E-state index is 10.5. The predicted octanol–water partition coefficient (Wildman–Crippen LogP) is 4.13. The number of phenolic OH excluding ortho intramolecular Hbond substituents is 1. The topological polar surface area (TPSA) is 57.1 Å². The van der Waals surface area contributed by atoms with Gasteiger partial charge in [0, 0.05) is 36.8 Å². The van der Waals surface area contributed by atoms with Crippen molar-refractivity contribution in [3.63, 3.8) is 0 Å². The van der Waals surface area contributed by atoms with E-state index in [2.05, 4.69) is 29.3 Å². The van der Waals surface area contributed by atoms with E-state index < -0.39 is 0 Å². The maximum Gasteiger partial charge on any atom is 0.120 e. The average molecular weight is 394 g/mol. The van der Waals surface area contributed by atoms with Crippen LogP contribution < -0.4 is 10.1 Å². The molecule has 2 heterocycles. The Hall–Kier alpha value is -2.37. The molecule has 154 valence electrons. The Morgan fingerprint density at radius 1 is 1.10 bits per heavy atom. The summed E-state index contributed by atoms with van der Waals surface area (Å²) in [6.45, 7) is 8.03. The van der Waals surface area contributed by atoms with Crippen molar-refractivity contribution in [1.82, 2.24) is 10.2 Å². The zero-order valence-corrected chi connectivity index (χ0v) is 17.4. The molecule has 5 heteroatoms. The molecule has 2 aliphatic heterocycles. The Morgan fingerprint density at radius 2 is 1.83 bits per heavy atom. The minimum atomic E-state index is -0.273. The number of aromatic hydroxyl groups is 1. The molecular formula is C24H31N3O2. The second-order valence-electron chi connectivity index (χ2n) is 7.94. The molecule has 2 aromatic rings. The van der Waals surface area contributed by atoms with E-state index in [1.54, 1.807) is 6.07 Å². The van der Waals surface area contributed by atoms with Crippen molar-refractivity contribution in [3.8, 4) is 11.5 Å². The van der Waals surface area contributed by atoms with Gasteiger partial charge in [-0.2, -0.15) is 0 Å². The highest BCUT2D eigenvalue weighted by Crippen LogP contribution is 2.37.